The van der Waals surface area contributed by atoms with Gasteiger partial charge in [0.25, 0.3) is 0 Å². The largest absolute Gasteiger partial charge is 0.435 e. The van der Waals surface area contributed by atoms with Crippen LogP contribution in [-0.2, 0) is 6.18 Å². The molecule has 0 amide bonds. The van der Waals surface area contributed by atoms with Crippen LogP contribution >= 0.6 is 23.8 Å². The van der Waals surface area contributed by atoms with Gasteiger partial charge in [-0.05, 0) is 24.3 Å². The molecule has 0 aliphatic carbocycles. The molecule has 0 aliphatic heterocycles. The predicted molar refractivity (Wildman–Crippen MR) is 69.5 cm³/mol. The van der Waals surface area contributed by atoms with Crippen molar-refractivity contribution >= 4 is 28.8 Å². The second-order valence-corrected chi connectivity index (χ2v) is 4.52. The van der Waals surface area contributed by atoms with Crippen molar-refractivity contribution in [2.75, 3.05) is 0 Å². The molecule has 0 saturated heterocycles. The summed E-state index contributed by atoms with van der Waals surface area (Å²) in [5.74, 6) is 0. The average molecular weight is 306 g/mol. The van der Waals surface area contributed by atoms with E-state index in [-0.39, 0.29) is 10.0 Å². The third-order valence-electron chi connectivity index (χ3n) is 2.36. The van der Waals surface area contributed by atoms with E-state index < -0.39 is 11.9 Å². The van der Waals surface area contributed by atoms with Crippen molar-refractivity contribution in [2.24, 2.45) is 5.73 Å². The highest BCUT2D eigenvalue weighted by molar-refractivity contribution is 7.80. The van der Waals surface area contributed by atoms with Crippen LogP contribution in [0.25, 0.3) is 5.69 Å². The van der Waals surface area contributed by atoms with Crippen molar-refractivity contribution in [1.82, 2.24) is 9.78 Å². The van der Waals surface area contributed by atoms with Gasteiger partial charge in [0.15, 0.2) is 5.69 Å². The summed E-state index contributed by atoms with van der Waals surface area (Å²) < 4.78 is 38.4. The van der Waals surface area contributed by atoms with Gasteiger partial charge in [-0.25, -0.2) is 4.68 Å². The Hall–Kier alpha value is -1.60. The van der Waals surface area contributed by atoms with Crippen LogP contribution in [0.3, 0.4) is 0 Å². The second-order valence-electron chi connectivity index (χ2n) is 3.67. The van der Waals surface area contributed by atoms with Crippen LogP contribution in [0.5, 0.6) is 0 Å². The van der Waals surface area contributed by atoms with E-state index in [1.54, 1.807) is 0 Å². The van der Waals surface area contributed by atoms with Gasteiger partial charge in [-0.3, -0.25) is 0 Å². The van der Waals surface area contributed by atoms with Crippen molar-refractivity contribution in [3.63, 3.8) is 0 Å². The molecular formula is C11H7ClF3N3S. The summed E-state index contributed by atoms with van der Waals surface area (Å²) in [5, 5.41) is 3.69. The van der Waals surface area contributed by atoms with E-state index in [0.717, 1.165) is 10.7 Å². The van der Waals surface area contributed by atoms with Gasteiger partial charge >= 0.3 is 6.18 Å². The van der Waals surface area contributed by atoms with Crippen LogP contribution in [0.15, 0.2) is 30.5 Å². The van der Waals surface area contributed by atoms with E-state index in [0.29, 0.717) is 11.3 Å². The Morgan fingerprint density at radius 1 is 1.32 bits per heavy atom. The maximum absolute atomic E-state index is 12.4. The van der Waals surface area contributed by atoms with Crippen LogP contribution in [0.4, 0.5) is 13.2 Å². The second kappa shape index (κ2) is 4.82. The molecule has 19 heavy (non-hydrogen) atoms. The lowest BCUT2D eigenvalue weighted by Crippen LogP contribution is -2.10. The average Bonchev–Trinajstić information content (AvgIpc) is 2.76. The minimum absolute atomic E-state index is 0.119. The highest BCUT2D eigenvalue weighted by Crippen LogP contribution is 2.28. The minimum Gasteiger partial charge on any atom is -0.389 e. The monoisotopic (exact) mass is 305 g/mol. The zero-order valence-electron chi connectivity index (χ0n) is 9.28. The van der Waals surface area contributed by atoms with E-state index in [4.69, 9.17) is 29.6 Å². The Morgan fingerprint density at radius 3 is 2.47 bits per heavy atom. The summed E-state index contributed by atoms with van der Waals surface area (Å²) >= 11 is 10.7. The predicted octanol–water partition coefficient (Wildman–Crippen LogP) is 3.18. The third-order valence-corrected chi connectivity index (χ3v) is 2.89. The standard InChI is InChI=1S/C11H7ClF3N3S/c12-8-5-6(1-2-7(8)10(16)19)18-4-3-9(17-18)11(13,14)15/h1-5H,(H2,16,19). The van der Waals surface area contributed by atoms with Gasteiger partial charge in [0.1, 0.15) is 4.99 Å². The molecule has 0 spiro atoms. The highest BCUT2D eigenvalue weighted by atomic mass is 35.5. The van der Waals surface area contributed by atoms with Crippen molar-refractivity contribution < 1.29 is 13.2 Å². The van der Waals surface area contributed by atoms with Crippen molar-refractivity contribution in [3.05, 3.63) is 46.7 Å². The van der Waals surface area contributed by atoms with Crippen LogP contribution < -0.4 is 5.73 Å². The Bertz CT molecular complexity index is 636. The SMILES string of the molecule is NC(=S)c1ccc(-n2ccc(C(F)(F)F)n2)cc1Cl. The molecule has 2 N–H and O–H groups in total. The highest BCUT2D eigenvalue weighted by Gasteiger charge is 2.33. The molecule has 8 heteroatoms. The molecule has 1 aromatic heterocycles. The Labute approximate surface area is 116 Å². The molecule has 0 fully saturated rings. The van der Waals surface area contributed by atoms with E-state index in [1.165, 1.54) is 24.4 Å². The van der Waals surface area contributed by atoms with Gasteiger partial charge in [0.2, 0.25) is 0 Å². The van der Waals surface area contributed by atoms with Crippen LogP contribution in [-0.4, -0.2) is 14.8 Å². The number of thiocarbonyl (C=S) groups is 1. The fourth-order valence-electron chi connectivity index (χ4n) is 1.47. The molecule has 1 heterocycles. The first kappa shape index (κ1) is 13.8. The number of alkyl halides is 3. The summed E-state index contributed by atoms with van der Waals surface area (Å²) in [6.07, 6.45) is -3.28. The molecule has 0 aliphatic rings. The molecule has 0 radical (unpaired) electrons. The lowest BCUT2D eigenvalue weighted by atomic mass is 10.2. The smallest absolute Gasteiger partial charge is 0.389 e. The summed E-state index contributed by atoms with van der Waals surface area (Å²) in [6, 6.07) is 5.40. The lowest BCUT2D eigenvalue weighted by molar-refractivity contribution is -0.141. The maximum atomic E-state index is 12.4. The van der Waals surface area contributed by atoms with Gasteiger partial charge in [-0.1, -0.05) is 23.8 Å². The Morgan fingerprint density at radius 2 is 2.00 bits per heavy atom. The zero-order chi connectivity index (χ0) is 14.2. The van der Waals surface area contributed by atoms with Gasteiger partial charge < -0.3 is 5.73 Å². The number of hydrogen-bond donors (Lipinski definition) is 1. The molecule has 0 atom stereocenters. The Kier molecular flexibility index (Phi) is 3.51. The molecule has 0 bridgehead atoms. The molecule has 0 unspecified atom stereocenters. The number of nitrogens with zero attached hydrogens (tertiary/aromatic N) is 2. The van der Waals surface area contributed by atoms with Gasteiger partial charge in [0.05, 0.1) is 10.7 Å². The first-order chi connectivity index (χ1) is 8.79. The van der Waals surface area contributed by atoms with E-state index in [2.05, 4.69) is 5.10 Å². The zero-order valence-corrected chi connectivity index (χ0v) is 10.9. The van der Waals surface area contributed by atoms with E-state index in [9.17, 15) is 13.2 Å². The molecule has 3 nitrogen and oxygen atoms in total. The summed E-state index contributed by atoms with van der Waals surface area (Å²) in [4.78, 5) is 0.119. The molecule has 1 aromatic carbocycles. The van der Waals surface area contributed by atoms with Gasteiger partial charge in [-0.15, -0.1) is 0 Å². The van der Waals surface area contributed by atoms with Crippen molar-refractivity contribution in [3.8, 4) is 5.69 Å². The van der Waals surface area contributed by atoms with Crippen molar-refractivity contribution in [1.29, 1.82) is 0 Å². The first-order valence-electron chi connectivity index (χ1n) is 5.01. The summed E-state index contributed by atoms with van der Waals surface area (Å²) in [6.45, 7) is 0. The molecule has 2 aromatic rings. The summed E-state index contributed by atoms with van der Waals surface area (Å²) in [7, 11) is 0. The number of aromatic nitrogens is 2. The molecular weight excluding hydrogens is 299 g/mol. The maximum Gasteiger partial charge on any atom is 0.435 e. The minimum atomic E-state index is -4.48. The number of benzene rings is 1. The first-order valence-corrected chi connectivity index (χ1v) is 5.80. The number of halogens is 4. The topological polar surface area (TPSA) is 43.8 Å². The number of rotatable bonds is 2. The fourth-order valence-corrected chi connectivity index (χ4v) is 1.98. The number of hydrogen-bond acceptors (Lipinski definition) is 2. The fraction of sp³-hybridized carbons (Fsp3) is 0.0909. The molecule has 0 saturated carbocycles. The van der Waals surface area contributed by atoms with Gasteiger partial charge in [-0.2, -0.15) is 18.3 Å². The van der Waals surface area contributed by atoms with Crippen LogP contribution in [0, 0.1) is 0 Å². The van der Waals surface area contributed by atoms with Crippen LogP contribution in [0.2, 0.25) is 5.02 Å². The van der Waals surface area contributed by atoms with E-state index >= 15 is 0 Å². The number of nitrogens with two attached hydrogens (primary N) is 1. The normalized spacial score (nSPS) is 11.6. The third kappa shape index (κ3) is 2.87. The van der Waals surface area contributed by atoms with Gasteiger partial charge in [0, 0.05) is 11.8 Å². The quantitative estimate of drug-likeness (QED) is 0.867. The van der Waals surface area contributed by atoms with Crippen molar-refractivity contribution in [2.45, 2.75) is 6.18 Å². The lowest BCUT2D eigenvalue weighted by Gasteiger charge is -2.06. The Balaban J connectivity index is 2.40. The molecule has 2 rings (SSSR count). The summed E-state index contributed by atoms with van der Waals surface area (Å²) in [5.41, 5.74) is 5.32. The van der Waals surface area contributed by atoms with Crippen LogP contribution in [0.1, 0.15) is 11.3 Å². The molecule has 100 valence electrons. The van der Waals surface area contributed by atoms with E-state index in [1.807, 2.05) is 0 Å².